The van der Waals surface area contributed by atoms with Gasteiger partial charge in [-0.2, -0.15) is 16.1 Å². The number of benzene rings is 1. The lowest BCUT2D eigenvalue weighted by Gasteiger charge is -2.36. The third-order valence-electron chi connectivity index (χ3n) is 6.22. The van der Waals surface area contributed by atoms with E-state index < -0.39 is 22.0 Å². The van der Waals surface area contributed by atoms with E-state index in [0.717, 1.165) is 24.8 Å². The molecule has 0 saturated carbocycles. The van der Waals surface area contributed by atoms with Gasteiger partial charge in [0.15, 0.2) is 5.76 Å². The zero-order valence-corrected chi connectivity index (χ0v) is 20.3. The Balaban J connectivity index is 1.39. The summed E-state index contributed by atoms with van der Waals surface area (Å²) in [4.78, 5) is 27.6. The Morgan fingerprint density at radius 2 is 1.88 bits per heavy atom. The second-order valence-electron chi connectivity index (χ2n) is 8.30. The van der Waals surface area contributed by atoms with Crippen LogP contribution in [0.4, 0.5) is 0 Å². The average Bonchev–Trinajstić information content (AvgIpc) is 3.53. The van der Waals surface area contributed by atoms with Crippen LogP contribution in [0.25, 0.3) is 0 Å². The zero-order valence-electron chi connectivity index (χ0n) is 18.7. The maximum atomic E-state index is 13.2. The summed E-state index contributed by atoms with van der Waals surface area (Å²) < 4.78 is 32.9. The van der Waals surface area contributed by atoms with Crippen molar-refractivity contribution in [2.75, 3.05) is 38.2 Å². The molecule has 4 rings (SSSR count). The van der Waals surface area contributed by atoms with E-state index in [9.17, 15) is 18.0 Å². The molecule has 8 nitrogen and oxygen atoms in total. The fraction of sp³-hybridized carbons (Fsp3) is 0.478. The number of piperazine rings is 1. The minimum Gasteiger partial charge on any atom is -0.459 e. The topological polar surface area (TPSA) is 99.9 Å². The molecule has 33 heavy (non-hydrogen) atoms. The van der Waals surface area contributed by atoms with E-state index in [-0.39, 0.29) is 37.8 Å². The number of nitrogens with one attached hydrogen (secondary N) is 1. The summed E-state index contributed by atoms with van der Waals surface area (Å²) >= 11 is 1.60. The van der Waals surface area contributed by atoms with Crippen LogP contribution in [0.5, 0.6) is 0 Å². The van der Waals surface area contributed by atoms with E-state index in [1.165, 1.54) is 16.1 Å². The van der Waals surface area contributed by atoms with Crippen molar-refractivity contribution in [2.45, 2.75) is 36.6 Å². The summed E-state index contributed by atoms with van der Waals surface area (Å²) in [5, 5.41) is 2.77. The van der Waals surface area contributed by atoms with Crippen LogP contribution in [0.15, 0.2) is 45.9 Å². The maximum Gasteiger partial charge on any atom is 0.287 e. The van der Waals surface area contributed by atoms with Gasteiger partial charge in [0.25, 0.3) is 5.91 Å². The molecule has 0 spiro atoms. The van der Waals surface area contributed by atoms with Gasteiger partial charge in [-0.15, -0.1) is 0 Å². The molecule has 1 aromatic carbocycles. The molecule has 0 radical (unpaired) electrons. The largest absolute Gasteiger partial charge is 0.459 e. The van der Waals surface area contributed by atoms with Crippen molar-refractivity contribution in [1.82, 2.24) is 14.5 Å². The first-order valence-electron chi connectivity index (χ1n) is 11.1. The number of hydrogen-bond donors (Lipinski definition) is 1. The summed E-state index contributed by atoms with van der Waals surface area (Å²) in [7, 11) is -3.61. The number of furan rings is 1. The van der Waals surface area contributed by atoms with Crippen LogP contribution in [0, 0.1) is 0 Å². The Labute approximate surface area is 198 Å². The molecule has 1 aliphatic carbocycles. The molecule has 1 atom stereocenters. The van der Waals surface area contributed by atoms with E-state index in [2.05, 4.69) is 5.32 Å². The van der Waals surface area contributed by atoms with Crippen LogP contribution in [0.2, 0.25) is 0 Å². The van der Waals surface area contributed by atoms with Gasteiger partial charge in [0, 0.05) is 26.2 Å². The normalized spacial score (nSPS) is 17.5. The number of aryl methyl sites for hydroxylation is 2. The number of nitrogens with zero attached hydrogens (tertiary/aromatic N) is 2. The van der Waals surface area contributed by atoms with E-state index in [4.69, 9.17) is 4.42 Å². The maximum absolute atomic E-state index is 13.2. The van der Waals surface area contributed by atoms with Gasteiger partial charge in [-0.25, -0.2) is 8.42 Å². The SMILES string of the molecule is CSCC[C@@H](NC(=O)c1ccco1)C(=O)N1CCN(S(=O)(=O)c2ccc3c(c2)CCC3)CC1. The number of fused-ring (bicyclic) bond motifs is 1. The third kappa shape index (κ3) is 5.28. The molecule has 2 amide bonds. The fourth-order valence-electron chi connectivity index (χ4n) is 4.36. The first-order chi connectivity index (χ1) is 15.9. The third-order valence-corrected chi connectivity index (χ3v) is 8.76. The summed E-state index contributed by atoms with van der Waals surface area (Å²) in [5.41, 5.74) is 2.35. The van der Waals surface area contributed by atoms with E-state index in [1.54, 1.807) is 40.9 Å². The van der Waals surface area contributed by atoms with Crippen molar-refractivity contribution in [2.24, 2.45) is 0 Å². The molecule has 0 unspecified atom stereocenters. The van der Waals surface area contributed by atoms with Crippen LogP contribution in [-0.2, 0) is 27.7 Å². The number of hydrogen-bond acceptors (Lipinski definition) is 6. The Hall–Kier alpha value is -2.30. The van der Waals surface area contributed by atoms with Crippen LogP contribution < -0.4 is 5.32 Å². The van der Waals surface area contributed by atoms with Gasteiger partial charge in [0.2, 0.25) is 15.9 Å². The Bertz CT molecular complexity index is 1090. The molecular formula is C23H29N3O5S2. The molecule has 1 aliphatic heterocycles. The fourth-order valence-corrected chi connectivity index (χ4v) is 6.30. The number of carbonyl (C=O) groups is 2. The highest BCUT2D eigenvalue weighted by molar-refractivity contribution is 7.98. The predicted octanol–water partition coefficient (Wildman–Crippen LogP) is 2.15. The van der Waals surface area contributed by atoms with E-state index in [1.807, 2.05) is 12.3 Å². The Kier molecular flexibility index (Phi) is 7.45. The lowest BCUT2D eigenvalue weighted by atomic mass is 10.1. The molecule has 1 saturated heterocycles. The molecule has 178 valence electrons. The minimum absolute atomic E-state index is 0.155. The van der Waals surface area contributed by atoms with Gasteiger partial charge >= 0.3 is 0 Å². The Morgan fingerprint density at radius 3 is 2.58 bits per heavy atom. The number of rotatable bonds is 8. The number of carbonyl (C=O) groups excluding carboxylic acids is 2. The highest BCUT2D eigenvalue weighted by atomic mass is 32.2. The smallest absolute Gasteiger partial charge is 0.287 e. The Morgan fingerprint density at radius 1 is 1.12 bits per heavy atom. The highest BCUT2D eigenvalue weighted by Gasteiger charge is 2.33. The zero-order chi connectivity index (χ0) is 23.4. The summed E-state index contributed by atoms with van der Waals surface area (Å²) in [6.45, 7) is 1.03. The summed E-state index contributed by atoms with van der Waals surface area (Å²) in [6.07, 6.45) is 6.83. The van der Waals surface area contributed by atoms with Gasteiger partial charge in [-0.3, -0.25) is 9.59 Å². The second kappa shape index (κ2) is 10.3. The molecule has 1 aromatic heterocycles. The van der Waals surface area contributed by atoms with Gasteiger partial charge in [-0.1, -0.05) is 6.07 Å². The molecule has 1 N–H and O–H groups in total. The number of thioether (sulfide) groups is 1. The van der Waals surface area contributed by atoms with Gasteiger partial charge < -0.3 is 14.6 Å². The molecule has 10 heteroatoms. The average molecular weight is 492 g/mol. The second-order valence-corrected chi connectivity index (χ2v) is 11.2. The van der Waals surface area contributed by atoms with Gasteiger partial charge in [0.05, 0.1) is 11.2 Å². The monoisotopic (exact) mass is 491 g/mol. The standard InChI is InChI=1S/C23H29N3O5S2/c1-32-15-9-20(24-22(27)21-6-3-14-31-21)23(28)25-10-12-26(13-11-25)33(29,30)19-8-7-17-4-2-5-18(17)16-19/h3,6-8,14,16,20H,2,4-5,9-13,15H2,1H3,(H,24,27)/t20-/m1/s1. The van der Waals surface area contributed by atoms with Crippen LogP contribution in [0.3, 0.4) is 0 Å². The van der Waals surface area contributed by atoms with Crippen LogP contribution in [-0.4, -0.2) is 73.7 Å². The van der Waals surface area contributed by atoms with E-state index in [0.29, 0.717) is 17.1 Å². The van der Waals surface area contributed by atoms with Crippen molar-refractivity contribution < 1.29 is 22.4 Å². The number of amides is 2. The first-order valence-corrected chi connectivity index (χ1v) is 14.0. The highest BCUT2D eigenvalue weighted by Crippen LogP contribution is 2.27. The van der Waals surface area contributed by atoms with Crippen molar-refractivity contribution in [3.63, 3.8) is 0 Å². The minimum atomic E-state index is -3.61. The van der Waals surface area contributed by atoms with Gasteiger partial charge in [-0.05, 0) is 73.1 Å². The quantitative estimate of drug-likeness (QED) is 0.608. The van der Waals surface area contributed by atoms with Gasteiger partial charge in [0.1, 0.15) is 6.04 Å². The van der Waals surface area contributed by atoms with Crippen LogP contribution in [0.1, 0.15) is 34.5 Å². The van der Waals surface area contributed by atoms with E-state index >= 15 is 0 Å². The lowest BCUT2D eigenvalue weighted by Crippen LogP contribution is -2.55. The van der Waals surface area contributed by atoms with Crippen molar-refractivity contribution in [3.8, 4) is 0 Å². The van der Waals surface area contributed by atoms with Crippen molar-refractivity contribution in [1.29, 1.82) is 0 Å². The molecular weight excluding hydrogens is 462 g/mol. The first kappa shape index (κ1) is 23.8. The number of sulfonamides is 1. The summed E-state index contributed by atoms with van der Waals surface area (Å²) in [5.74, 6) is 0.236. The molecule has 0 bridgehead atoms. The molecule has 2 aliphatic rings. The summed E-state index contributed by atoms with van der Waals surface area (Å²) in [6, 6.07) is 7.90. The molecule has 2 heterocycles. The predicted molar refractivity (Wildman–Crippen MR) is 127 cm³/mol. The van der Waals surface area contributed by atoms with Crippen LogP contribution >= 0.6 is 11.8 Å². The molecule has 2 aromatic rings. The van der Waals surface area contributed by atoms with Crippen molar-refractivity contribution in [3.05, 3.63) is 53.5 Å². The van der Waals surface area contributed by atoms with Crippen molar-refractivity contribution >= 4 is 33.6 Å². The molecule has 1 fully saturated rings. The lowest BCUT2D eigenvalue weighted by molar-refractivity contribution is -0.134.